The molecule has 0 N–H and O–H groups in total. The van der Waals surface area contributed by atoms with Crippen LogP contribution in [0.4, 0.5) is 4.39 Å². The van der Waals surface area contributed by atoms with Crippen LogP contribution in [0, 0.1) is 18.8 Å². The molecular formula is C15H11FN. The van der Waals surface area contributed by atoms with Crippen LogP contribution in [0.15, 0.2) is 48.7 Å². The fourth-order valence-electron chi connectivity index (χ4n) is 2.12. The van der Waals surface area contributed by atoms with Crippen LogP contribution in [0.5, 0.6) is 0 Å². The van der Waals surface area contributed by atoms with Crippen molar-refractivity contribution in [1.29, 1.82) is 0 Å². The first-order chi connectivity index (χ1) is 8.25. The van der Waals surface area contributed by atoms with Crippen molar-refractivity contribution in [2.24, 2.45) is 0 Å². The highest BCUT2D eigenvalue weighted by atomic mass is 19.1. The van der Waals surface area contributed by atoms with Crippen molar-refractivity contribution >= 4 is 10.9 Å². The van der Waals surface area contributed by atoms with Gasteiger partial charge in [-0.2, -0.15) is 0 Å². The maximum absolute atomic E-state index is 12.9. The van der Waals surface area contributed by atoms with Gasteiger partial charge in [-0.3, -0.25) is 0 Å². The Morgan fingerprint density at radius 2 is 1.82 bits per heavy atom. The molecule has 17 heavy (non-hydrogen) atoms. The van der Waals surface area contributed by atoms with Gasteiger partial charge in [0.25, 0.3) is 0 Å². The molecule has 0 spiro atoms. The second-order valence-corrected chi connectivity index (χ2v) is 4.10. The van der Waals surface area contributed by atoms with Gasteiger partial charge in [-0.15, -0.1) is 0 Å². The summed E-state index contributed by atoms with van der Waals surface area (Å²) >= 11 is 0. The summed E-state index contributed by atoms with van der Waals surface area (Å²) in [6, 6.07) is 15.6. The standard InChI is InChI=1S/C15H11FN/c1-11-3-2-4-12-9-10-17(15(11)12)14-7-5-13(16)6-8-14/h3-10H,1H3. The summed E-state index contributed by atoms with van der Waals surface area (Å²) in [4.78, 5) is 0. The van der Waals surface area contributed by atoms with Gasteiger partial charge >= 0.3 is 0 Å². The molecule has 0 aliphatic rings. The zero-order valence-corrected chi connectivity index (χ0v) is 9.44. The predicted octanol–water partition coefficient (Wildman–Crippen LogP) is 3.88. The van der Waals surface area contributed by atoms with Gasteiger partial charge in [0.2, 0.25) is 0 Å². The van der Waals surface area contributed by atoms with Gasteiger partial charge in [0, 0.05) is 17.3 Å². The first-order valence-corrected chi connectivity index (χ1v) is 5.49. The second-order valence-electron chi connectivity index (χ2n) is 4.10. The SMILES string of the molecule is Cc1c[c]cc2ccn(-c3ccc(F)cc3)c12. The Balaban J connectivity index is 2.27. The first-order valence-electron chi connectivity index (χ1n) is 5.49. The summed E-state index contributed by atoms with van der Waals surface area (Å²) in [7, 11) is 0. The van der Waals surface area contributed by atoms with Crippen molar-refractivity contribution in [1.82, 2.24) is 4.57 Å². The lowest BCUT2D eigenvalue weighted by Crippen LogP contribution is -1.93. The number of aryl methyl sites for hydroxylation is 1. The number of halogens is 1. The van der Waals surface area contributed by atoms with Crippen molar-refractivity contribution in [3.63, 3.8) is 0 Å². The molecule has 2 aromatic carbocycles. The smallest absolute Gasteiger partial charge is 0.123 e. The fourth-order valence-corrected chi connectivity index (χ4v) is 2.12. The Morgan fingerprint density at radius 3 is 2.59 bits per heavy atom. The topological polar surface area (TPSA) is 4.93 Å². The van der Waals surface area contributed by atoms with Crippen LogP contribution in [0.2, 0.25) is 0 Å². The number of hydrogen-bond donors (Lipinski definition) is 0. The summed E-state index contributed by atoms with van der Waals surface area (Å²) in [6.07, 6.45) is 2.00. The van der Waals surface area contributed by atoms with E-state index >= 15 is 0 Å². The summed E-state index contributed by atoms with van der Waals surface area (Å²) in [5, 5.41) is 1.15. The number of aromatic nitrogens is 1. The molecule has 2 heteroatoms. The van der Waals surface area contributed by atoms with E-state index in [1.165, 1.54) is 12.1 Å². The Hall–Kier alpha value is -2.09. The van der Waals surface area contributed by atoms with Crippen LogP contribution in [0.3, 0.4) is 0 Å². The molecule has 3 aromatic rings. The highest BCUT2D eigenvalue weighted by Gasteiger charge is 2.05. The minimum Gasteiger partial charge on any atom is -0.316 e. The van der Waals surface area contributed by atoms with E-state index in [0.29, 0.717) is 0 Å². The molecule has 0 aliphatic heterocycles. The van der Waals surface area contributed by atoms with Crippen molar-refractivity contribution < 1.29 is 4.39 Å². The monoisotopic (exact) mass is 224 g/mol. The van der Waals surface area contributed by atoms with E-state index in [1.807, 2.05) is 24.4 Å². The maximum atomic E-state index is 12.9. The van der Waals surface area contributed by atoms with Crippen LogP contribution in [-0.2, 0) is 0 Å². The lowest BCUT2D eigenvalue weighted by atomic mass is 10.1. The molecule has 1 heterocycles. The first kappa shape index (κ1) is 10.1. The van der Waals surface area contributed by atoms with Gasteiger partial charge in [0.05, 0.1) is 5.52 Å². The third-order valence-corrected chi connectivity index (χ3v) is 2.93. The third-order valence-electron chi connectivity index (χ3n) is 2.93. The molecule has 1 nitrogen and oxygen atoms in total. The van der Waals surface area contributed by atoms with Gasteiger partial charge < -0.3 is 4.57 Å². The largest absolute Gasteiger partial charge is 0.316 e. The quantitative estimate of drug-likeness (QED) is 0.591. The molecular weight excluding hydrogens is 213 g/mol. The van der Waals surface area contributed by atoms with Crippen LogP contribution >= 0.6 is 0 Å². The molecule has 0 saturated heterocycles. The van der Waals surface area contributed by atoms with E-state index < -0.39 is 0 Å². The van der Waals surface area contributed by atoms with Crippen molar-refractivity contribution in [3.8, 4) is 5.69 Å². The van der Waals surface area contributed by atoms with Crippen LogP contribution in [0.1, 0.15) is 5.56 Å². The van der Waals surface area contributed by atoms with Crippen molar-refractivity contribution in [2.75, 3.05) is 0 Å². The number of nitrogens with zero attached hydrogens (tertiary/aromatic N) is 1. The minimum atomic E-state index is -0.213. The number of fused-ring (bicyclic) bond motifs is 1. The van der Waals surface area contributed by atoms with E-state index in [9.17, 15) is 4.39 Å². The number of hydrogen-bond acceptors (Lipinski definition) is 0. The molecule has 0 aliphatic carbocycles. The molecule has 0 amide bonds. The minimum absolute atomic E-state index is 0.213. The zero-order chi connectivity index (χ0) is 11.8. The summed E-state index contributed by atoms with van der Waals surface area (Å²) in [5.41, 5.74) is 3.28. The molecule has 1 radical (unpaired) electrons. The van der Waals surface area contributed by atoms with E-state index in [4.69, 9.17) is 0 Å². The van der Waals surface area contributed by atoms with Crippen LogP contribution < -0.4 is 0 Å². The second kappa shape index (κ2) is 3.74. The number of rotatable bonds is 1. The lowest BCUT2D eigenvalue weighted by molar-refractivity contribution is 0.627. The molecule has 0 fully saturated rings. The fraction of sp³-hybridized carbons (Fsp3) is 0.0667. The van der Waals surface area contributed by atoms with E-state index in [1.54, 1.807) is 12.1 Å². The van der Waals surface area contributed by atoms with E-state index in [-0.39, 0.29) is 5.82 Å². The lowest BCUT2D eigenvalue weighted by Gasteiger charge is -2.07. The average molecular weight is 224 g/mol. The molecule has 0 unspecified atom stereocenters. The number of benzene rings is 2. The molecule has 0 bridgehead atoms. The van der Waals surface area contributed by atoms with Crippen molar-refractivity contribution in [2.45, 2.75) is 6.92 Å². The highest BCUT2D eigenvalue weighted by Crippen LogP contribution is 2.23. The predicted molar refractivity (Wildman–Crippen MR) is 66.8 cm³/mol. The highest BCUT2D eigenvalue weighted by molar-refractivity contribution is 5.84. The van der Waals surface area contributed by atoms with Crippen LogP contribution in [-0.4, -0.2) is 4.57 Å². The molecule has 83 valence electrons. The Bertz CT molecular complexity index is 665. The average Bonchev–Trinajstić information content (AvgIpc) is 2.75. The molecule has 0 saturated carbocycles. The van der Waals surface area contributed by atoms with Gasteiger partial charge in [-0.05, 0) is 61.0 Å². The Labute approximate surface area is 99.1 Å². The Kier molecular flexibility index (Phi) is 2.22. The zero-order valence-electron chi connectivity index (χ0n) is 9.44. The summed E-state index contributed by atoms with van der Waals surface area (Å²) in [5.74, 6) is -0.213. The Morgan fingerprint density at radius 1 is 1.06 bits per heavy atom. The normalized spacial score (nSPS) is 10.9. The van der Waals surface area contributed by atoms with E-state index in [2.05, 4.69) is 17.6 Å². The van der Waals surface area contributed by atoms with E-state index in [0.717, 1.165) is 22.2 Å². The third kappa shape index (κ3) is 1.62. The summed E-state index contributed by atoms with van der Waals surface area (Å²) < 4.78 is 15.0. The van der Waals surface area contributed by atoms with Gasteiger partial charge in [-0.25, -0.2) is 4.39 Å². The maximum Gasteiger partial charge on any atom is 0.123 e. The molecule has 3 rings (SSSR count). The van der Waals surface area contributed by atoms with Gasteiger partial charge in [-0.1, -0.05) is 0 Å². The molecule has 0 atom stereocenters. The van der Waals surface area contributed by atoms with Crippen molar-refractivity contribution in [3.05, 3.63) is 66.1 Å². The summed E-state index contributed by atoms with van der Waals surface area (Å²) in [6.45, 7) is 2.05. The molecule has 1 aromatic heterocycles. The van der Waals surface area contributed by atoms with Gasteiger partial charge in [0.15, 0.2) is 0 Å². The van der Waals surface area contributed by atoms with Crippen LogP contribution in [0.25, 0.3) is 16.6 Å². The van der Waals surface area contributed by atoms with Gasteiger partial charge in [0.1, 0.15) is 5.82 Å².